The SMILES string of the molecule is O=C(O)[C@@H]1CCCN(C(=O)Cc2coc(-c3ccc(F)cc3)n2)C1. The zero-order valence-corrected chi connectivity index (χ0v) is 12.9. The van der Waals surface area contributed by atoms with Crippen molar-refractivity contribution >= 4 is 11.9 Å². The smallest absolute Gasteiger partial charge is 0.308 e. The predicted molar refractivity (Wildman–Crippen MR) is 82.5 cm³/mol. The number of carbonyl (C=O) groups excluding carboxylic acids is 1. The first-order valence-corrected chi connectivity index (χ1v) is 7.74. The highest BCUT2D eigenvalue weighted by atomic mass is 19.1. The number of benzene rings is 1. The van der Waals surface area contributed by atoms with Crippen molar-refractivity contribution in [2.24, 2.45) is 5.92 Å². The Balaban J connectivity index is 1.65. The van der Waals surface area contributed by atoms with Gasteiger partial charge in [-0.05, 0) is 37.1 Å². The minimum Gasteiger partial charge on any atom is -0.481 e. The fourth-order valence-electron chi connectivity index (χ4n) is 2.79. The molecule has 1 fully saturated rings. The van der Waals surface area contributed by atoms with Gasteiger partial charge in [-0.25, -0.2) is 9.37 Å². The van der Waals surface area contributed by atoms with Crippen LogP contribution in [0.25, 0.3) is 11.5 Å². The van der Waals surface area contributed by atoms with Crippen LogP contribution in [0.15, 0.2) is 34.9 Å². The van der Waals surface area contributed by atoms with Gasteiger partial charge in [-0.2, -0.15) is 0 Å². The Morgan fingerprint density at radius 2 is 2.08 bits per heavy atom. The van der Waals surface area contributed by atoms with E-state index < -0.39 is 11.9 Å². The first kappa shape index (κ1) is 16.2. The van der Waals surface area contributed by atoms with Gasteiger partial charge in [0.2, 0.25) is 11.8 Å². The van der Waals surface area contributed by atoms with Gasteiger partial charge in [-0.15, -0.1) is 0 Å². The quantitative estimate of drug-likeness (QED) is 0.929. The van der Waals surface area contributed by atoms with Crippen molar-refractivity contribution in [2.45, 2.75) is 19.3 Å². The first-order valence-electron chi connectivity index (χ1n) is 7.74. The number of nitrogens with zero attached hydrogens (tertiary/aromatic N) is 2. The summed E-state index contributed by atoms with van der Waals surface area (Å²) in [6.45, 7) is 0.794. The average Bonchev–Trinajstić information content (AvgIpc) is 3.04. The molecular weight excluding hydrogens is 315 g/mol. The maximum absolute atomic E-state index is 12.9. The van der Waals surface area contributed by atoms with E-state index in [2.05, 4.69) is 4.98 Å². The number of hydrogen-bond donors (Lipinski definition) is 1. The first-order chi connectivity index (χ1) is 11.5. The number of aliphatic carboxylic acids is 1. The largest absolute Gasteiger partial charge is 0.481 e. The van der Waals surface area contributed by atoms with Gasteiger partial charge < -0.3 is 14.4 Å². The number of carboxylic acids is 1. The number of rotatable bonds is 4. The molecule has 2 heterocycles. The van der Waals surface area contributed by atoms with Crippen molar-refractivity contribution in [1.82, 2.24) is 9.88 Å². The molecule has 1 aliphatic heterocycles. The van der Waals surface area contributed by atoms with Crippen LogP contribution in [0.2, 0.25) is 0 Å². The van der Waals surface area contributed by atoms with Crippen molar-refractivity contribution in [2.75, 3.05) is 13.1 Å². The summed E-state index contributed by atoms with van der Waals surface area (Å²) in [5.41, 5.74) is 1.09. The standard InChI is InChI=1S/C17H17FN2O4/c18-13-5-3-11(4-6-13)16-19-14(10-24-16)8-15(21)20-7-1-2-12(9-20)17(22)23/h3-6,10,12H,1-2,7-9H2,(H,22,23)/t12-/m1/s1. The highest BCUT2D eigenvalue weighted by Crippen LogP contribution is 2.21. The monoisotopic (exact) mass is 332 g/mol. The molecule has 0 spiro atoms. The summed E-state index contributed by atoms with van der Waals surface area (Å²) >= 11 is 0. The second kappa shape index (κ2) is 6.82. The molecule has 7 heteroatoms. The molecule has 6 nitrogen and oxygen atoms in total. The Kier molecular flexibility index (Phi) is 4.59. The molecule has 3 rings (SSSR count). The van der Waals surface area contributed by atoms with E-state index in [0.29, 0.717) is 36.5 Å². The maximum Gasteiger partial charge on any atom is 0.308 e. The molecule has 24 heavy (non-hydrogen) atoms. The van der Waals surface area contributed by atoms with E-state index in [-0.39, 0.29) is 24.7 Å². The van der Waals surface area contributed by atoms with Crippen molar-refractivity contribution < 1.29 is 23.5 Å². The van der Waals surface area contributed by atoms with Crippen LogP contribution >= 0.6 is 0 Å². The zero-order valence-electron chi connectivity index (χ0n) is 12.9. The van der Waals surface area contributed by atoms with Crippen LogP contribution in [0.1, 0.15) is 18.5 Å². The van der Waals surface area contributed by atoms with Gasteiger partial charge in [-0.1, -0.05) is 0 Å². The van der Waals surface area contributed by atoms with E-state index in [1.807, 2.05) is 0 Å². The fraction of sp³-hybridized carbons (Fsp3) is 0.353. The van der Waals surface area contributed by atoms with Crippen LogP contribution in [-0.4, -0.2) is 40.0 Å². The fourth-order valence-corrected chi connectivity index (χ4v) is 2.79. The highest BCUT2D eigenvalue weighted by molar-refractivity contribution is 5.79. The number of amides is 1. The molecule has 1 saturated heterocycles. The normalized spacial score (nSPS) is 17.7. The molecule has 1 N–H and O–H groups in total. The molecule has 0 bridgehead atoms. The van der Waals surface area contributed by atoms with Crippen LogP contribution in [0, 0.1) is 11.7 Å². The number of likely N-dealkylation sites (tertiary alicyclic amines) is 1. The van der Waals surface area contributed by atoms with E-state index in [0.717, 1.165) is 0 Å². The lowest BCUT2D eigenvalue weighted by Crippen LogP contribution is -2.43. The summed E-state index contributed by atoms with van der Waals surface area (Å²) in [5, 5.41) is 9.08. The Labute approximate surface area is 137 Å². The summed E-state index contributed by atoms with van der Waals surface area (Å²) < 4.78 is 18.3. The summed E-state index contributed by atoms with van der Waals surface area (Å²) in [5.74, 6) is -1.57. The van der Waals surface area contributed by atoms with Gasteiger partial charge in [0.1, 0.15) is 12.1 Å². The maximum atomic E-state index is 12.9. The van der Waals surface area contributed by atoms with Gasteiger partial charge in [-0.3, -0.25) is 9.59 Å². The molecule has 0 radical (unpaired) electrons. The Bertz CT molecular complexity index is 741. The molecular formula is C17H17FN2O4. The lowest BCUT2D eigenvalue weighted by atomic mass is 9.98. The third kappa shape index (κ3) is 3.61. The van der Waals surface area contributed by atoms with Crippen molar-refractivity contribution in [1.29, 1.82) is 0 Å². The van der Waals surface area contributed by atoms with E-state index in [9.17, 15) is 14.0 Å². The lowest BCUT2D eigenvalue weighted by molar-refractivity contribution is -0.145. The van der Waals surface area contributed by atoms with Gasteiger partial charge in [0, 0.05) is 18.7 Å². The van der Waals surface area contributed by atoms with Gasteiger partial charge in [0.15, 0.2) is 0 Å². The van der Waals surface area contributed by atoms with E-state index in [4.69, 9.17) is 9.52 Å². The molecule has 1 aliphatic rings. The van der Waals surface area contributed by atoms with E-state index >= 15 is 0 Å². The number of oxazole rings is 1. The Morgan fingerprint density at radius 1 is 1.33 bits per heavy atom. The third-order valence-corrected chi connectivity index (χ3v) is 4.10. The summed E-state index contributed by atoms with van der Waals surface area (Å²) in [6, 6.07) is 5.72. The number of piperidine rings is 1. The van der Waals surface area contributed by atoms with Crippen molar-refractivity contribution in [3.05, 3.63) is 42.0 Å². The molecule has 0 aliphatic carbocycles. The average molecular weight is 332 g/mol. The van der Waals surface area contributed by atoms with Crippen LogP contribution in [0.5, 0.6) is 0 Å². The van der Waals surface area contributed by atoms with E-state index in [1.165, 1.54) is 18.4 Å². The third-order valence-electron chi connectivity index (χ3n) is 4.10. The number of hydrogen-bond acceptors (Lipinski definition) is 4. The van der Waals surface area contributed by atoms with Gasteiger partial charge in [0.05, 0.1) is 18.0 Å². The topological polar surface area (TPSA) is 83.6 Å². The number of halogens is 1. The van der Waals surface area contributed by atoms with E-state index in [1.54, 1.807) is 17.0 Å². The molecule has 1 atom stereocenters. The second-order valence-electron chi connectivity index (χ2n) is 5.84. The summed E-state index contributed by atoms with van der Waals surface area (Å²) in [4.78, 5) is 29.2. The van der Waals surface area contributed by atoms with Gasteiger partial charge in [0.25, 0.3) is 0 Å². The molecule has 126 valence electrons. The molecule has 1 amide bonds. The molecule has 1 aromatic carbocycles. The van der Waals surface area contributed by atoms with Crippen LogP contribution in [0.3, 0.4) is 0 Å². The minimum absolute atomic E-state index is 0.0526. The summed E-state index contributed by atoms with van der Waals surface area (Å²) in [6.07, 6.45) is 2.73. The van der Waals surface area contributed by atoms with Gasteiger partial charge >= 0.3 is 5.97 Å². The van der Waals surface area contributed by atoms with Crippen molar-refractivity contribution in [3.63, 3.8) is 0 Å². The second-order valence-corrected chi connectivity index (χ2v) is 5.84. The zero-order chi connectivity index (χ0) is 17.1. The van der Waals surface area contributed by atoms with Crippen LogP contribution < -0.4 is 0 Å². The predicted octanol–water partition coefficient (Wildman–Crippen LogP) is 2.35. The molecule has 2 aromatic rings. The highest BCUT2D eigenvalue weighted by Gasteiger charge is 2.28. The van der Waals surface area contributed by atoms with Crippen molar-refractivity contribution in [3.8, 4) is 11.5 Å². The number of aromatic nitrogens is 1. The number of carboxylic acid groups (broad SMARTS) is 1. The Morgan fingerprint density at radius 3 is 2.79 bits per heavy atom. The molecule has 0 saturated carbocycles. The lowest BCUT2D eigenvalue weighted by Gasteiger charge is -2.30. The number of carbonyl (C=O) groups is 2. The van der Waals surface area contributed by atoms with Crippen LogP contribution in [-0.2, 0) is 16.0 Å². The van der Waals surface area contributed by atoms with Crippen LogP contribution in [0.4, 0.5) is 4.39 Å². The summed E-state index contributed by atoms with van der Waals surface area (Å²) in [7, 11) is 0. The molecule has 1 aromatic heterocycles. The molecule has 0 unspecified atom stereocenters. The minimum atomic E-state index is -0.868. The Hall–Kier alpha value is -2.70.